The monoisotopic (exact) mass is 315 g/mol. The second-order valence-electron chi connectivity index (χ2n) is 5.09. The Balaban J connectivity index is 2.09. The first-order valence-corrected chi connectivity index (χ1v) is 7.66. The van der Waals surface area contributed by atoms with E-state index in [1.54, 1.807) is 0 Å². The molecule has 118 valence electrons. The van der Waals surface area contributed by atoms with Gasteiger partial charge in [0.15, 0.2) is 5.13 Å². The van der Waals surface area contributed by atoms with Crippen molar-refractivity contribution in [2.24, 2.45) is 5.73 Å². The molecule has 9 heteroatoms. The SMILES string of the molecule is Nc1nc(N2CCCC(N)C2)sc1C(=O)NC(CO)CO. The molecule has 1 unspecified atom stereocenters. The van der Waals surface area contributed by atoms with Crippen molar-refractivity contribution >= 4 is 28.2 Å². The van der Waals surface area contributed by atoms with Crippen LogP contribution in [0, 0.1) is 0 Å². The minimum absolute atomic E-state index is 0.106. The van der Waals surface area contributed by atoms with Crippen molar-refractivity contribution in [2.75, 3.05) is 36.9 Å². The molecule has 1 aliphatic heterocycles. The second-order valence-corrected chi connectivity index (χ2v) is 6.07. The summed E-state index contributed by atoms with van der Waals surface area (Å²) < 4.78 is 0. The Morgan fingerprint density at radius 3 is 2.86 bits per heavy atom. The maximum Gasteiger partial charge on any atom is 0.265 e. The number of aliphatic hydroxyl groups is 2. The number of nitrogens with one attached hydrogen (secondary N) is 1. The Bertz CT molecular complexity index is 491. The van der Waals surface area contributed by atoms with Crippen LogP contribution in [0.2, 0.25) is 0 Å². The van der Waals surface area contributed by atoms with E-state index < -0.39 is 11.9 Å². The van der Waals surface area contributed by atoms with Gasteiger partial charge in [0.25, 0.3) is 5.91 Å². The van der Waals surface area contributed by atoms with Crippen LogP contribution < -0.4 is 21.7 Å². The second kappa shape index (κ2) is 7.03. The van der Waals surface area contributed by atoms with Crippen LogP contribution in [0.25, 0.3) is 0 Å². The topological polar surface area (TPSA) is 138 Å². The number of amides is 1. The fourth-order valence-corrected chi connectivity index (χ4v) is 3.13. The van der Waals surface area contributed by atoms with Gasteiger partial charge >= 0.3 is 0 Å². The van der Waals surface area contributed by atoms with Crippen LogP contribution in [-0.4, -0.2) is 59.5 Å². The Kier molecular flexibility index (Phi) is 5.34. The Morgan fingerprint density at radius 1 is 1.52 bits per heavy atom. The van der Waals surface area contributed by atoms with E-state index in [-0.39, 0.29) is 30.0 Å². The molecular formula is C12H21N5O3S. The van der Waals surface area contributed by atoms with Crippen molar-refractivity contribution in [3.8, 4) is 0 Å². The van der Waals surface area contributed by atoms with E-state index in [0.717, 1.165) is 19.4 Å². The first-order valence-electron chi connectivity index (χ1n) is 6.84. The molecule has 7 N–H and O–H groups in total. The van der Waals surface area contributed by atoms with Gasteiger partial charge in [-0.3, -0.25) is 4.79 Å². The predicted octanol–water partition coefficient (Wildman–Crippen LogP) is -1.26. The van der Waals surface area contributed by atoms with Gasteiger partial charge in [-0.2, -0.15) is 0 Å². The first kappa shape index (κ1) is 16.0. The number of aliphatic hydroxyl groups excluding tert-OH is 2. The summed E-state index contributed by atoms with van der Waals surface area (Å²) in [5.74, 6) is -0.285. The summed E-state index contributed by atoms with van der Waals surface area (Å²) in [5, 5.41) is 21.2. The molecule has 1 aliphatic rings. The van der Waals surface area contributed by atoms with Crippen molar-refractivity contribution in [3.63, 3.8) is 0 Å². The standard InChI is InChI=1S/C12H21N5O3S/c13-7-2-1-3-17(4-7)12-16-10(14)9(21-12)11(20)15-8(5-18)6-19/h7-8,18-19H,1-6,13-14H2,(H,15,20). The van der Waals surface area contributed by atoms with E-state index >= 15 is 0 Å². The number of anilines is 2. The lowest BCUT2D eigenvalue weighted by Crippen LogP contribution is -2.42. The molecule has 0 aromatic carbocycles. The van der Waals surface area contributed by atoms with Crippen LogP contribution in [0.15, 0.2) is 0 Å². The van der Waals surface area contributed by atoms with Crippen molar-refractivity contribution < 1.29 is 15.0 Å². The number of thiazole rings is 1. The molecule has 0 aliphatic carbocycles. The number of nitrogens with two attached hydrogens (primary N) is 2. The average Bonchev–Trinajstić information content (AvgIpc) is 2.86. The summed E-state index contributed by atoms with van der Waals surface area (Å²) in [6.45, 7) is 0.866. The molecule has 0 radical (unpaired) electrons. The quantitative estimate of drug-likeness (QED) is 0.457. The normalized spacial score (nSPS) is 19.0. The molecular weight excluding hydrogens is 294 g/mol. The van der Waals surface area contributed by atoms with Crippen LogP contribution in [0.4, 0.5) is 10.9 Å². The Labute approximate surface area is 126 Å². The van der Waals surface area contributed by atoms with Crippen LogP contribution in [0.1, 0.15) is 22.5 Å². The zero-order chi connectivity index (χ0) is 15.4. The minimum Gasteiger partial charge on any atom is -0.394 e. The smallest absolute Gasteiger partial charge is 0.265 e. The fraction of sp³-hybridized carbons (Fsp3) is 0.667. The molecule has 21 heavy (non-hydrogen) atoms. The maximum absolute atomic E-state index is 12.1. The molecule has 1 atom stereocenters. The number of aromatic nitrogens is 1. The van der Waals surface area contributed by atoms with Gasteiger partial charge in [0.1, 0.15) is 10.7 Å². The average molecular weight is 315 g/mol. The molecule has 1 aromatic rings. The van der Waals surface area contributed by atoms with E-state index in [1.165, 1.54) is 11.3 Å². The molecule has 1 aromatic heterocycles. The van der Waals surface area contributed by atoms with Gasteiger partial charge in [0.05, 0.1) is 19.3 Å². The lowest BCUT2D eigenvalue weighted by Gasteiger charge is -2.30. The van der Waals surface area contributed by atoms with Crippen LogP contribution in [0.5, 0.6) is 0 Å². The van der Waals surface area contributed by atoms with Crippen molar-refractivity contribution in [3.05, 3.63) is 4.88 Å². The van der Waals surface area contributed by atoms with Gasteiger partial charge in [-0.05, 0) is 12.8 Å². The van der Waals surface area contributed by atoms with Gasteiger partial charge < -0.3 is 31.9 Å². The molecule has 0 spiro atoms. The van der Waals surface area contributed by atoms with E-state index in [9.17, 15) is 4.79 Å². The number of nitrogen functional groups attached to an aromatic ring is 1. The first-order chi connectivity index (χ1) is 10.0. The molecule has 0 saturated carbocycles. The lowest BCUT2D eigenvalue weighted by atomic mass is 10.1. The number of carbonyl (C=O) groups is 1. The third kappa shape index (κ3) is 3.82. The highest BCUT2D eigenvalue weighted by atomic mass is 32.1. The van der Waals surface area contributed by atoms with Crippen LogP contribution in [-0.2, 0) is 0 Å². The van der Waals surface area contributed by atoms with Crippen molar-refractivity contribution in [1.82, 2.24) is 10.3 Å². The van der Waals surface area contributed by atoms with Crippen molar-refractivity contribution in [1.29, 1.82) is 0 Å². The summed E-state index contributed by atoms with van der Waals surface area (Å²) in [6, 6.07) is -0.597. The zero-order valence-corrected chi connectivity index (χ0v) is 12.5. The van der Waals surface area contributed by atoms with Crippen LogP contribution >= 0.6 is 11.3 Å². The zero-order valence-electron chi connectivity index (χ0n) is 11.7. The van der Waals surface area contributed by atoms with Crippen molar-refractivity contribution in [2.45, 2.75) is 24.9 Å². The van der Waals surface area contributed by atoms with Gasteiger partial charge in [-0.15, -0.1) is 0 Å². The number of carbonyl (C=O) groups excluding carboxylic acids is 1. The summed E-state index contributed by atoms with van der Waals surface area (Å²) >= 11 is 1.20. The summed E-state index contributed by atoms with van der Waals surface area (Å²) in [5.41, 5.74) is 11.7. The van der Waals surface area contributed by atoms with E-state index in [4.69, 9.17) is 21.7 Å². The predicted molar refractivity (Wildman–Crippen MR) is 81.4 cm³/mol. The molecule has 1 amide bonds. The molecule has 1 saturated heterocycles. The minimum atomic E-state index is -0.703. The fourth-order valence-electron chi connectivity index (χ4n) is 2.20. The third-order valence-corrected chi connectivity index (χ3v) is 4.48. The Morgan fingerprint density at radius 2 is 2.24 bits per heavy atom. The molecule has 2 heterocycles. The van der Waals surface area contributed by atoms with E-state index in [0.29, 0.717) is 11.7 Å². The highest BCUT2D eigenvalue weighted by Crippen LogP contribution is 2.29. The van der Waals surface area contributed by atoms with Crippen LogP contribution in [0.3, 0.4) is 0 Å². The summed E-state index contributed by atoms with van der Waals surface area (Å²) in [6.07, 6.45) is 1.97. The highest BCUT2D eigenvalue weighted by Gasteiger charge is 2.24. The van der Waals surface area contributed by atoms with E-state index in [2.05, 4.69) is 10.3 Å². The largest absolute Gasteiger partial charge is 0.394 e. The maximum atomic E-state index is 12.1. The lowest BCUT2D eigenvalue weighted by molar-refractivity contribution is 0.0884. The van der Waals surface area contributed by atoms with Gasteiger partial charge in [0.2, 0.25) is 0 Å². The Hall–Kier alpha value is -1.42. The summed E-state index contributed by atoms with van der Waals surface area (Å²) in [7, 11) is 0. The van der Waals surface area contributed by atoms with E-state index in [1.807, 2.05) is 4.90 Å². The molecule has 0 bridgehead atoms. The molecule has 8 nitrogen and oxygen atoms in total. The molecule has 1 fully saturated rings. The van der Waals surface area contributed by atoms with Gasteiger partial charge in [0, 0.05) is 19.1 Å². The number of rotatable bonds is 5. The number of hydrogen-bond acceptors (Lipinski definition) is 8. The van der Waals surface area contributed by atoms with Gasteiger partial charge in [-0.1, -0.05) is 11.3 Å². The third-order valence-electron chi connectivity index (χ3n) is 3.35. The number of nitrogens with zero attached hydrogens (tertiary/aromatic N) is 2. The summed E-state index contributed by atoms with van der Waals surface area (Å²) in [4.78, 5) is 18.6. The molecule has 2 rings (SSSR count). The van der Waals surface area contributed by atoms with Gasteiger partial charge in [-0.25, -0.2) is 4.98 Å². The highest BCUT2D eigenvalue weighted by molar-refractivity contribution is 7.18. The number of piperidine rings is 1. The number of hydrogen-bond donors (Lipinski definition) is 5.